The van der Waals surface area contributed by atoms with Gasteiger partial charge in [-0.3, -0.25) is 10.1 Å². The number of aryl methyl sites for hydroxylation is 1. The maximum absolute atomic E-state index is 12.4. The highest BCUT2D eigenvalue weighted by Gasteiger charge is 2.51. The van der Waals surface area contributed by atoms with Crippen LogP contribution in [0, 0.1) is 10.1 Å². The van der Waals surface area contributed by atoms with Crippen LogP contribution in [-0.2, 0) is 23.0 Å². The van der Waals surface area contributed by atoms with Gasteiger partial charge in [-0.15, -0.1) is 0 Å². The Morgan fingerprint density at radius 1 is 1.24 bits per heavy atom. The molecule has 0 spiro atoms. The van der Waals surface area contributed by atoms with Crippen LogP contribution in [0.25, 0.3) is 0 Å². The number of aliphatic hydroxyl groups is 1. The van der Waals surface area contributed by atoms with E-state index in [9.17, 15) is 20.0 Å². The van der Waals surface area contributed by atoms with Crippen LogP contribution in [0.15, 0.2) is 30.3 Å². The van der Waals surface area contributed by atoms with Crippen LogP contribution in [0.2, 0.25) is 0 Å². The van der Waals surface area contributed by atoms with Crippen LogP contribution in [0.5, 0.6) is 11.5 Å². The molecule has 2 aromatic carbocycles. The number of rotatable bonds is 6. The molecule has 1 aliphatic heterocycles. The first-order valence-electron chi connectivity index (χ1n) is 11.1. The summed E-state index contributed by atoms with van der Waals surface area (Å²) in [7, 11) is 1.36. The molecule has 0 aliphatic carbocycles. The van der Waals surface area contributed by atoms with Crippen LogP contribution in [0.1, 0.15) is 63.0 Å². The predicted octanol–water partition coefficient (Wildman–Crippen LogP) is 4.35. The second-order valence-electron chi connectivity index (χ2n) is 9.98. The number of amides is 1. The van der Waals surface area contributed by atoms with Gasteiger partial charge in [0.15, 0.2) is 6.10 Å². The zero-order chi connectivity index (χ0) is 25.4. The van der Waals surface area contributed by atoms with Crippen molar-refractivity contribution >= 4 is 11.8 Å². The van der Waals surface area contributed by atoms with Crippen molar-refractivity contribution in [1.82, 2.24) is 0 Å². The lowest BCUT2D eigenvalue weighted by Gasteiger charge is -2.44. The van der Waals surface area contributed by atoms with Gasteiger partial charge in [-0.05, 0) is 37.7 Å². The number of nitro groups is 1. The second kappa shape index (κ2) is 9.13. The Hall–Kier alpha value is -3.33. The average molecular weight is 473 g/mol. The molecule has 0 aromatic heterocycles. The largest absolute Gasteiger partial charge is 0.490 e. The molecule has 1 heterocycles. The van der Waals surface area contributed by atoms with Crippen molar-refractivity contribution in [3.05, 3.63) is 62.7 Å². The molecule has 3 N–H and O–H groups in total. The van der Waals surface area contributed by atoms with E-state index in [4.69, 9.17) is 19.9 Å². The first-order valence-corrected chi connectivity index (χ1v) is 11.1. The van der Waals surface area contributed by atoms with E-state index in [0.717, 1.165) is 5.56 Å². The molecule has 0 saturated carbocycles. The van der Waals surface area contributed by atoms with Gasteiger partial charge in [0.05, 0.1) is 17.6 Å². The second-order valence-corrected chi connectivity index (χ2v) is 9.98. The van der Waals surface area contributed by atoms with Crippen molar-refractivity contribution in [2.24, 2.45) is 5.73 Å². The first-order chi connectivity index (χ1) is 15.8. The summed E-state index contributed by atoms with van der Waals surface area (Å²) < 4.78 is 17.3. The Morgan fingerprint density at radius 3 is 2.35 bits per heavy atom. The monoisotopic (exact) mass is 472 g/mol. The SMILES string of the molecule is COc1c([N+](=O)[O-])c(CCc2ccccc2)c2c(c1C(C)(C)C)[C@H](OC(N)=O)[C@@H](O)C(C)(C)O2. The topological polar surface area (TPSA) is 134 Å². The molecule has 0 fully saturated rings. The minimum Gasteiger partial charge on any atom is -0.490 e. The smallest absolute Gasteiger partial charge is 0.405 e. The maximum Gasteiger partial charge on any atom is 0.405 e. The van der Waals surface area contributed by atoms with E-state index in [2.05, 4.69) is 0 Å². The number of hydrogen-bond acceptors (Lipinski definition) is 7. The minimum absolute atomic E-state index is 0.0490. The summed E-state index contributed by atoms with van der Waals surface area (Å²) in [5, 5.41) is 23.5. The van der Waals surface area contributed by atoms with E-state index < -0.39 is 34.2 Å². The fourth-order valence-corrected chi connectivity index (χ4v) is 4.53. The summed E-state index contributed by atoms with van der Waals surface area (Å²) in [6.07, 6.45) is -2.79. The predicted molar refractivity (Wildman–Crippen MR) is 126 cm³/mol. The van der Waals surface area contributed by atoms with Crippen LogP contribution in [0.3, 0.4) is 0 Å². The van der Waals surface area contributed by atoms with Crippen LogP contribution in [0.4, 0.5) is 10.5 Å². The van der Waals surface area contributed by atoms with Crippen molar-refractivity contribution in [3.63, 3.8) is 0 Å². The molecule has 0 unspecified atom stereocenters. The number of primary amides is 1. The Kier molecular flexibility index (Phi) is 6.80. The number of carbonyl (C=O) groups excluding carboxylic acids is 1. The Balaban J connectivity index is 2.40. The van der Waals surface area contributed by atoms with E-state index in [1.54, 1.807) is 13.8 Å². The van der Waals surface area contributed by atoms with Crippen molar-refractivity contribution < 1.29 is 29.0 Å². The highest BCUT2D eigenvalue weighted by molar-refractivity contribution is 5.71. The van der Waals surface area contributed by atoms with Crippen LogP contribution in [-0.4, -0.2) is 34.9 Å². The molecule has 1 aliphatic rings. The first kappa shape index (κ1) is 25.3. The molecule has 184 valence electrons. The Bertz CT molecular complexity index is 1090. The molecule has 9 nitrogen and oxygen atoms in total. The lowest BCUT2D eigenvalue weighted by Crippen LogP contribution is -2.51. The third-order valence-corrected chi connectivity index (χ3v) is 6.05. The third-order valence-electron chi connectivity index (χ3n) is 6.05. The van der Waals surface area contributed by atoms with Gasteiger partial charge in [0.1, 0.15) is 17.5 Å². The Labute approximate surface area is 199 Å². The number of fused-ring (bicyclic) bond motifs is 1. The van der Waals surface area contributed by atoms with Crippen molar-refractivity contribution in [1.29, 1.82) is 0 Å². The summed E-state index contributed by atoms with van der Waals surface area (Å²) in [5.74, 6) is 0.266. The van der Waals surface area contributed by atoms with Crippen LogP contribution >= 0.6 is 0 Å². The van der Waals surface area contributed by atoms with Crippen LogP contribution < -0.4 is 15.2 Å². The van der Waals surface area contributed by atoms with Gasteiger partial charge in [0, 0.05) is 11.1 Å². The molecule has 3 rings (SSSR count). The Morgan fingerprint density at radius 2 is 1.85 bits per heavy atom. The fraction of sp³-hybridized carbons (Fsp3) is 0.480. The van der Waals surface area contributed by atoms with Gasteiger partial charge in [-0.1, -0.05) is 51.1 Å². The molecule has 0 saturated heterocycles. The number of nitrogens with two attached hydrogens (primary N) is 1. The zero-order valence-electron chi connectivity index (χ0n) is 20.4. The van der Waals surface area contributed by atoms with Crippen molar-refractivity contribution in [3.8, 4) is 11.5 Å². The quantitative estimate of drug-likeness (QED) is 0.471. The maximum atomic E-state index is 12.4. The van der Waals surface area contributed by atoms with Gasteiger partial charge in [-0.2, -0.15) is 0 Å². The minimum atomic E-state index is -1.28. The number of methoxy groups -OCH3 is 1. The lowest BCUT2D eigenvalue weighted by atomic mass is 9.75. The number of aliphatic hydroxyl groups excluding tert-OH is 1. The van der Waals surface area contributed by atoms with Gasteiger partial charge in [0.25, 0.3) is 0 Å². The summed E-state index contributed by atoms with van der Waals surface area (Å²) in [5.41, 5.74) is 5.31. The summed E-state index contributed by atoms with van der Waals surface area (Å²) in [6, 6.07) is 9.57. The summed E-state index contributed by atoms with van der Waals surface area (Å²) in [6.45, 7) is 8.82. The number of carbonyl (C=O) groups is 1. The zero-order valence-corrected chi connectivity index (χ0v) is 20.4. The van der Waals surface area contributed by atoms with Gasteiger partial charge in [0.2, 0.25) is 5.75 Å². The molecule has 9 heteroatoms. The van der Waals surface area contributed by atoms with Gasteiger partial charge >= 0.3 is 11.8 Å². The van der Waals surface area contributed by atoms with E-state index in [-0.39, 0.29) is 23.6 Å². The number of benzene rings is 2. The van der Waals surface area contributed by atoms with Crippen molar-refractivity contribution in [2.75, 3.05) is 7.11 Å². The average Bonchev–Trinajstić information content (AvgIpc) is 2.73. The molecule has 2 aromatic rings. The van der Waals surface area contributed by atoms with Gasteiger partial charge < -0.3 is 25.1 Å². The molecule has 0 radical (unpaired) electrons. The molecular weight excluding hydrogens is 440 g/mol. The summed E-state index contributed by atoms with van der Waals surface area (Å²) in [4.78, 5) is 23.7. The molecular formula is C25H32N2O7. The number of ether oxygens (including phenoxy) is 3. The molecule has 0 bridgehead atoms. The normalized spacial score (nSPS) is 19.0. The third kappa shape index (κ3) is 4.65. The summed E-state index contributed by atoms with van der Waals surface area (Å²) >= 11 is 0. The van der Waals surface area contributed by atoms with E-state index in [0.29, 0.717) is 23.1 Å². The van der Waals surface area contributed by atoms with E-state index in [1.807, 2.05) is 51.1 Å². The fourth-order valence-electron chi connectivity index (χ4n) is 4.53. The lowest BCUT2D eigenvalue weighted by molar-refractivity contribution is -0.386. The van der Waals surface area contributed by atoms with Gasteiger partial charge in [-0.25, -0.2) is 4.79 Å². The molecule has 1 amide bonds. The molecule has 2 atom stereocenters. The number of nitro benzene ring substituents is 1. The number of nitrogens with zero attached hydrogens (tertiary/aromatic N) is 1. The number of hydrogen-bond donors (Lipinski definition) is 2. The van der Waals surface area contributed by atoms with E-state index >= 15 is 0 Å². The van der Waals surface area contributed by atoms with Crippen molar-refractivity contribution in [2.45, 2.75) is 70.7 Å². The highest BCUT2D eigenvalue weighted by atomic mass is 16.6. The molecule has 34 heavy (non-hydrogen) atoms. The van der Waals surface area contributed by atoms with E-state index in [1.165, 1.54) is 7.11 Å². The highest BCUT2D eigenvalue weighted by Crippen LogP contribution is 2.55. The standard InChI is InChI=1S/C25H32N2O7/c1-24(2,3)17-16-19(34-25(4,5)22(28)20(16)33-23(26)29)15(18(27(30)31)21(17)32-6)13-12-14-10-8-7-9-11-14/h7-11,20,22,28H,12-13H2,1-6H3,(H2,26,29)/t20-,22+/m0/s1.